The molecule has 3 nitrogen and oxygen atoms in total. The molecule has 2 aromatic heterocycles. The Bertz CT molecular complexity index is 392. The van der Waals surface area contributed by atoms with Crippen LogP contribution in [0.3, 0.4) is 0 Å². The first-order chi connectivity index (χ1) is 5.27. The van der Waals surface area contributed by atoms with E-state index < -0.39 is 0 Å². The first-order valence-electron chi connectivity index (χ1n) is 3.46. The first kappa shape index (κ1) is 6.34. The van der Waals surface area contributed by atoms with Crippen molar-refractivity contribution in [2.45, 2.75) is 13.8 Å². The van der Waals surface area contributed by atoms with Gasteiger partial charge in [0.2, 0.25) is 0 Å². The van der Waals surface area contributed by atoms with E-state index in [4.69, 9.17) is 4.42 Å². The van der Waals surface area contributed by atoms with Crippen LogP contribution >= 0.6 is 0 Å². The van der Waals surface area contributed by atoms with E-state index >= 15 is 0 Å². The Morgan fingerprint density at radius 3 is 2.91 bits per heavy atom. The summed E-state index contributed by atoms with van der Waals surface area (Å²) in [4.78, 5) is 8.28. The van der Waals surface area contributed by atoms with Gasteiger partial charge in [0, 0.05) is 19.2 Å². The second-order valence-corrected chi connectivity index (χ2v) is 2.48. The minimum atomic E-state index is 0.691. The lowest BCUT2D eigenvalue weighted by Gasteiger charge is -1.88. The molecule has 0 aliphatic heterocycles. The Morgan fingerprint density at radius 2 is 2.18 bits per heavy atom. The van der Waals surface area contributed by atoms with Crippen LogP contribution in [0.2, 0.25) is 0 Å². The number of hydrogen-bond donors (Lipinski definition) is 0. The SMILES string of the molecule is Cc1nc2c(C)nccc2o1. The maximum Gasteiger partial charge on any atom is 0.192 e. The number of aromatic nitrogens is 2. The third-order valence-electron chi connectivity index (χ3n) is 1.60. The van der Waals surface area contributed by atoms with E-state index in [2.05, 4.69) is 9.97 Å². The number of aryl methyl sites for hydroxylation is 2. The molecule has 56 valence electrons. The molecule has 3 heteroatoms. The number of fused-ring (bicyclic) bond motifs is 1. The second-order valence-electron chi connectivity index (χ2n) is 2.48. The molecule has 0 radical (unpaired) electrons. The topological polar surface area (TPSA) is 38.9 Å². The molecular formula is C8H8N2O. The van der Waals surface area contributed by atoms with Crippen LogP contribution in [0.1, 0.15) is 11.6 Å². The van der Waals surface area contributed by atoms with Gasteiger partial charge in [0.05, 0.1) is 5.69 Å². The van der Waals surface area contributed by atoms with Crippen LogP contribution < -0.4 is 0 Å². The highest BCUT2D eigenvalue weighted by Crippen LogP contribution is 2.15. The molecule has 2 heterocycles. The second kappa shape index (κ2) is 2.05. The predicted octanol–water partition coefficient (Wildman–Crippen LogP) is 1.84. The minimum Gasteiger partial charge on any atom is -0.441 e. The third-order valence-corrected chi connectivity index (χ3v) is 1.60. The van der Waals surface area contributed by atoms with Crippen LogP contribution in [0.15, 0.2) is 16.7 Å². The zero-order chi connectivity index (χ0) is 7.84. The van der Waals surface area contributed by atoms with Gasteiger partial charge >= 0.3 is 0 Å². The van der Waals surface area contributed by atoms with Crippen molar-refractivity contribution in [3.8, 4) is 0 Å². The quantitative estimate of drug-likeness (QED) is 0.572. The van der Waals surface area contributed by atoms with Crippen molar-refractivity contribution in [2.24, 2.45) is 0 Å². The van der Waals surface area contributed by atoms with Gasteiger partial charge in [-0.05, 0) is 6.92 Å². The Kier molecular flexibility index (Phi) is 1.18. The summed E-state index contributed by atoms with van der Waals surface area (Å²) >= 11 is 0. The zero-order valence-electron chi connectivity index (χ0n) is 6.46. The summed E-state index contributed by atoms with van der Waals surface area (Å²) in [5.41, 5.74) is 2.60. The fourth-order valence-electron chi connectivity index (χ4n) is 1.09. The first-order valence-corrected chi connectivity index (χ1v) is 3.46. The Morgan fingerprint density at radius 1 is 1.36 bits per heavy atom. The smallest absolute Gasteiger partial charge is 0.192 e. The van der Waals surface area contributed by atoms with Crippen LogP contribution in [0.4, 0.5) is 0 Å². The maximum atomic E-state index is 5.30. The molecule has 0 aliphatic rings. The predicted molar refractivity (Wildman–Crippen MR) is 41.3 cm³/mol. The minimum absolute atomic E-state index is 0.691. The monoisotopic (exact) mass is 148 g/mol. The molecule has 0 unspecified atom stereocenters. The van der Waals surface area contributed by atoms with Crippen LogP contribution in [0.5, 0.6) is 0 Å². The Balaban J connectivity index is 2.90. The van der Waals surface area contributed by atoms with Gasteiger partial charge in [-0.2, -0.15) is 0 Å². The van der Waals surface area contributed by atoms with Crippen molar-refractivity contribution in [1.82, 2.24) is 9.97 Å². The van der Waals surface area contributed by atoms with Gasteiger partial charge in [-0.1, -0.05) is 0 Å². The van der Waals surface area contributed by atoms with Crippen LogP contribution in [0, 0.1) is 13.8 Å². The van der Waals surface area contributed by atoms with Crippen molar-refractivity contribution in [2.75, 3.05) is 0 Å². The van der Waals surface area contributed by atoms with Crippen molar-refractivity contribution >= 4 is 11.1 Å². The molecule has 11 heavy (non-hydrogen) atoms. The van der Waals surface area contributed by atoms with Gasteiger partial charge in [0.1, 0.15) is 5.52 Å². The Hall–Kier alpha value is -1.38. The number of pyridine rings is 1. The van der Waals surface area contributed by atoms with Crippen molar-refractivity contribution < 1.29 is 4.42 Å². The zero-order valence-corrected chi connectivity index (χ0v) is 6.46. The molecule has 0 aromatic carbocycles. The van der Waals surface area contributed by atoms with Gasteiger partial charge in [-0.3, -0.25) is 4.98 Å². The van der Waals surface area contributed by atoms with Gasteiger partial charge in [-0.15, -0.1) is 0 Å². The Labute approximate surface area is 64.1 Å². The molecule has 2 rings (SSSR count). The molecule has 0 atom stereocenters. The highest BCUT2D eigenvalue weighted by atomic mass is 16.3. The fraction of sp³-hybridized carbons (Fsp3) is 0.250. The van der Waals surface area contributed by atoms with Gasteiger partial charge in [-0.25, -0.2) is 4.98 Å². The van der Waals surface area contributed by atoms with Crippen molar-refractivity contribution in [3.05, 3.63) is 23.8 Å². The van der Waals surface area contributed by atoms with Gasteiger partial charge in [0.15, 0.2) is 11.5 Å². The molecule has 0 amide bonds. The number of rotatable bonds is 0. The van der Waals surface area contributed by atoms with E-state index in [9.17, 15) is 0 Å². The number of hydrogen-bond acceptors (Lipinski definition) is 3. The van der Waals surface area contributed by atoms with E-state index in [1.807, 2.05) is 19.9 Å². The van der Waals surface area contributed by atoms with E-state index in [1.54, 1.807) is 6.20 Å². The van der Waals surface area contributed by atoms with Crippen LogP contribution in [-0.2, 0) is 0 Å². The van der Waals surface area contributed by atoms with Gasteiger partial charge < -0.3 is 4.42 Å². The molecule has 0 saturated carbocycles. The summed E-state index contributed by atoms with van der Waals surface area (Å²) in [6.07, 6.45) is 1.72. The van der Waals surface area contributed by atoms with Crippen molar-refractivity contribution in [1.29, 1.82) is 0 Å². The summed E-state index contributed by atoms with van der Waals surface area (Å²) in [7, 11) is 0. The number of oxazole rings is 1. The lowest BCUT2D eigenvalue weighted by Crippen LogP contribution is -1.80. The average Bonchev–Trinajstić information content (AvgIpc) is 2.31. The van der Waals surface area contributed by atoms with Crippen LogP contribution in [-0.4, -0.2) is 9.97 Å². The number of nitrogens with zero attached hydrogens (tertiary/aromatic N) is 2. The molecule has 0 bridgehead atoms. The largest absolute Gasteiger partial charge is 0.441 e. The highest BCUT2D eigenvalue weighted by molar-refractivity contribution is 5.74. The summed E-state index contributed by atoms with van der Waals surface area (Å²) in [6.45, 7) is 3.75. The summed E-state index contributed by atoms with van der Waals surface area (Å²) in [5, 5.41) is 0. The summed E-state index contributed by atoms with van der Waals surface area (Å²) in [6, 6.07) is 1.82. The van der Waals surface area contributed by atoms with E-state index in [1.165, 1.54) is 0 Å². The molecular weight excluding hydrogens is 140 g/mol. The summed E-state index contributed by atoms with van der Waals surface area (Å²) in [5.74, 6) is 0.691. The molecule has 0 spiro atoms. The van der Waals surface area contributed by atoms with E-state index in [0.717, 1.165) is 16.8 Å². The fourth-order valence-corrected chi connectivity index (χ4v) is 1.09. The van der Waals surface area contributed by atoms with Gasteiger partial charge in [0.25, 0.3) is 0 Å². The standard InChI is InChI=1S/C8H8N2O/c1-5-8-7(3-4-9-5)11-6(2)10-8/h3-4H,1-2H3. The molecule has 0 saturated heterocycles. The lowest BCUT2D eigenvalue weighted by molar-refractivity contribution is 0.561. The normalized spacial score (nSPS) is 10.7. The highest BCUT2D eigenvalue weighted by Gasteiger charge is 2.03. The average molecular weight is 148 g/mol. The molecule has 2 aromatic rings. The van der Waals surface area contributed by atoms with Crippen molar-refractivity contribution in [3.63, 3.8) is 0 Å². The van der Waals surface area contributed by atoms with E-state index in [-0.39, 0.29) is 0 Å². The van der Waals surface area contributed by atoms with Crippen LogP contribution in [0.25, 0.3) is 11.1 Å². The lowest BCUT2D eigenvalue weighted by atomic mass is 10.3. The molecule has 0 aliphatic carbocycles. The third kappa shape index (κ3) is 0.888. The van der Waals surface area contributed by atoms with E-state index in [0.29, 0.717) is 5.89 Å². The summed E-state index contributed by atoms with van der Waals surface area (Å²) < 4.78 is 5.30. The molecule has 0 fully saturated rings. The molecule has 0 N–H and O–H groups in total. The maximum absolute atomic E-state index is 5.30.